The number of carbonyl (C=O) groups is 1. The van der Waals surface area contributed by atoms with Gasteiger partial charge in [-0.25, -0.2) is 4.39 Å². The second kappa shape index (κ2) is 6.78. The van der Waals surface area contributed by atoms with Crippen molar-refractivity contribution in [1.82, 2.24) is 9.03 Å². The Hall–Kier alpha value is -1.51. The minimum Gasteiger partial charge on any atom is -0.481 e. The summed E-state index contributed by atoms with van der Waals surface area (Å²) in [5.41, 5.74) is 0.225. The molecular formula is C12H17FN2O4S. The Morgan fingerprint density at radius 1 is 1.45 bits per heavy atom. The molecule has 0 spiro atoms. The topological polar surface area (TPSA) is 86.7 Å². The molecule has 0 bridgehead atoms. The fourth-order valence-electron chi connectivity index (χ4n) is 1.58. The predicted octanol–water partition coefficient (Wildman–Crippen LogP) is 1.13. The summed E-state index contributed by atoms with van der Waals surface area (Å²) < 4.78 is 40.6. The lowest BCUT2D eigenvalue weighted by atomic mass is 10.1. The smallest absolute Gasteiger partial charge is 0.304 e. The largest absolute Gasteiger partial charge is 0.481 e. The maximum absolute atomic E-state index is 13.5. The Balaban J connectivity index is 2.75. The number of carboxylic acids is 1. The van der Waals surface area contributed by atoms with E-state index in [1.165, 1.54) is 32.2 Å². The van der Waals surface area contributed by atoms with Crippen LogP contribution in [0.5, 0.6) is 0 Å². The second-order valence-electron chi connectivity index (χ2n) is 4.33. The molecule has 0 saturated carbocycles. The first-order valence-electron chi connectivity index (χ1n) is 5.94. The highest BCUT2D eigenvalue weighted by Crippen LogP contribution is 2.17. The fraction of sp³-hybridized carbons (Fsp3) is 0.417. The van der Waals surface area contributed by atoms with Crippen molar-refractivity contribution in [2.75, 3.05) is 13.6 Å². The van der Waals surface area contributed by atoms with Crippen LogP contribution in [0.15, 0.2) is 24.3 Å². The molecular weight excluding hydrogens is 287 g/mol. The van der Waals surface area contributed by atoms with E-state index in [0.717, 1.165) is 4.31 Å². The molecule has 2 N–H and O–H groups in total. The van der Waals surface area contributed by atoms with Crippen molar-refractivity contribution in [2.24, 2.45) is 0 Å². The van der Waals surface area contributed by atoms with Crippen LogP contribution in [0.25, 0.3) is 0 Å². The third-order valence-corrected chi connectivity index (χ3v) is 4.40. The minimum absolute atomic E-state index is 0.158. The van der Waals surface area contributed by atoms with Gasteiger partial charge in [0.2, 0.25) is 0 Å². The number of carboxylic acid groups (broad SMARTS) is 1. The summed E-state index contributed by atoms with van der Waals surface area (Å²) >= 11 is 0. The Morgan fingerprint density at radius 2 is 2.05 bits per heavy atom. The van der Waals surface area contributed by atoms with Crippen molar-refractivity contribution in [1.29, 1.82) is 0 Å². The molecule has 0 radical (unpaired) electrons. The van der Waals surface area contributed by atoms with Gasteiger partial charge in [0.05, 0.1) is 6.42 Å². The first kappa shape index (κ1) is 16.5. The van der Waals surface area contributed by atoms with E-state index in [1.807, 2.05) is 0 Å². The second-order valence-corrected chi connectivity index (χ2v) is 6.14. The molecule has 1 rings (SSSR count). The van der Waals surface area contributed by atoms with Gasteiger partial charge in [-0.2, -0.15) is 17.4 Å². The van der Waals surface area contributed by atoms with Crippen LogP contribution in [-0.4, -0.2) is 37.4 Å². The molecule has 0 heterocycles. The molecule has 6 nitrogen and oxygen atoms in total. The molecule has 8 heteroatoms. The first-order valence-corrected chi connectivity index (χ1v) is 7.38. The summed E-state index contributed by atoms with van der Waals surface area (Å²) in [6.45, 7) is 1.36. The highest BCUT2D eigenvalue weighted by atomic mass is 32.2. The molecule has 20 heavy (non-hydrogen) atoms. The van der Waals surface area contributed by atoms with Gasteiger partial charge in [0.15, 0.2) is 0 Å². The predicted molar refractivity (Wildman–Crippen MR) is 71.8 cm³/mol. The first-order chi connectivity index (χ1) is 9.24. The SMILES string of the molecule is CC(NS(=O)(=O)N(C)CCC(=O)O)c1ccccc1F. The standard InChI is InChI=1S/C12H17FN2O4S/c1-9(10-5-3-4-6-11(10)13)14-20(18,19)15(2)8-7-12(16)17/h3-6,9,14H,7-8H2,1-2H3,(H,16,17). The van der Waals surface area contributed by atoms with Crippen LogP contribution in [-0.2, 0) is 15.0 Å². The van der Waals surface area contributed by atoms with Gasteiger partial charge in [0.25, 0.3) is 10.2 Å². The van der Waals surface area contributed by atoms with E-state index in [2.05, 4.69) is 4.72 Å². The van der Waals surface area contributed by atoms with E-state index >= 15 is 0 Å². The van der Waals surface area contributed by atoms with E-state index < -0.39 is 28.0 Å². The average molecular weight is 304 g/mol. The number of halogens is 1. The molecule has 0 aliphatic heterocycles. The molecule has 1 aromatic rings. The number of hydrogen-bond acceptors (Lipinski definition) is 3. The minimum atomic E-state index is -3.87. The molecule has 1 atom stereocenters. The van der Waals surface area contributed by atoms with Crippen LogP contribution in [0.1, 0.15) is 24.9 Å². The average Bonchev–Trinajstić information content (AvgIpc) is 2.35. The van der Waals surface area contributed by atoms with Crippen molar-refractivity contribution in [3.63, 3.8) is 0 Å². The monoisotopic (exact) mass is 304 g/mol. The Bertz CT molecular complexity index is 577. The van der Waals surface area contributed by atoms with Crippen LogP contribution < -0.4 is 4.72 Å². The molecule has 1 aromatic carbocycles. The summed E-state index contributed by atoms with van der Waals surface area (Å²) in [4.78, 5) is 10.4. The third kappa shape index (κ3) is 4.55. The van der Waals surface area contributed by atoms with Gasteiger partial charge in [-0.1, -0.05) is 18.2 Å². The summed E-state index contributed by atoms with van der Waals surface area (Å²) in [6, 6.07) is 5.10. The van der Waals surface area contributed by atoms with Gasteiger partial charge in [0.1, 0.15) is 5.82 Å². The van der Waals surface area contributed by atoms with E-state index in [9.17, 15) is 17.6 Å². The highest BCUT2D eigenvalue weighted by molar-refractivity contribution is 7.87. The molecule has 0 saturated heterocycles. The fourth-order valence-corrected chi connectivity index (χ4v) is 2.66. The van der Waals surface area contributed by atoms with E-state index in [0.29, 0.717) is 0 Å². The van der Waals surface area contributed by atoms with E-state index in [4.69, 9.17) is 5.11 Å². The molecule has 1 unspecified atom stereocenters. The van der Waals surface area contributed by atoms with Crippen molar-refractivity contribution in [3.8, 4) is 0 Å². The summed E-state index contributed by atoms with van der Waals surface area (Å²) in [7, 11) is -2.60. The Kier molecular flexibility index (Phi) is 5.61. The van der Waals surface area contributed by atoms with Crippen LogP contribution in [0.3, 0.4) is 0 Å². The summed E-state index contributed by atoms with van der Waals surface area (Å²) in [5, 5.41) is 8.53. The van der Waals surface area contributed by atoms with Gasteiger partial charge < -0.3 is 5.11 Å². The lowest BCUT2D eigenvalue weighted by Crippen LogP contribution is -2.40. The number of nitrogens with zero attached hydrogens (tertiary/aromatic N) is 1. The van der Waals surface area contributed by atoms with Crippen LogP contribution in [0, 0.1) is 5.82 Å². The van der Waals surface area contributed by atoms with Crippen molar-refractivity contribution in [2.45, 2.75) is 19.4 Å². The van der Waals surface area contributed by atoms with Crippen LogP contribution in [0.4, 0.5) is 4.39 Å². The van der Waals surface area contributed by atoms with E-state index in [-0.39, 0.29) is 18.5 Å². The summed E-state index contributed by atoms with van der Waals surface area (Å²) in [6.07, 6.45) is -0.300. The van der Waals surface area contributed by atoms with Crippen molar-refractivity contribution >= 4 is 16.2 Å². The van der Waals surface area contributed by atoms with Gasteiger partial charge in [-0.05, 0) is 13.0 Å². The normalized spacial score (nSPS) is 13.4. The van der Waals surface area contributed by atoms with Crippen LogP contribution >= 0.6 is 0 Å². The van der Waals surface area contributed by atoms with Gasteiger partial charge in [0, 0.05) is 25.2 Å². The van der Waals surface area contributed by atoms with Crippen molar-refractivity contribution < 1.29 is 22.7 Å². The van der Waals surface area contributed by atoms with Crippen molar-refractivity contribution in [3.05, 3.63) is 35.6 Å². The van der Waals surface area contributed by atoms with Gasteiger partial charge >= 0.3 is 5.97 Å². The van der Waals surface area contributed by atoms with Gasteiger partial charge in [-0.15, -0.1) is 0 Å². The summed E-state index contributed by atoms with van der Waals surface area (Å²) in [5.74, 6) is -1.59. The lowest BCUT2D eigenvalue weighted by molar-refractivity contribution is -0.137. The van der Waals surface area contributed by atoms with E-state index in [1.54, 1.807) is 6.07 Å². The maximum Gasteiger partial charge on any atom is 0.304 e. The Morgan fingerprint density at radius 3 is 2.60 bits per heavy atom. The molecule has 0 aliphatic carbocycles. The number of nitrogens with one attached hydrogen (secondary N) is 1. The zero-order valence-corrected chi connectivity index (χ0v) is 12.0. The number of aliphatic carboxylic acids is 1. The zero-order chi connectivity index (χ0) is 15.3. The lowest BCUT2D eigenvalue weighted by Gasteiger charge is -2.21. The molecule has 0 aliphatic rings. The number of hydrogen-bond donors (Lipinski definition) is 2. The highest BCUT2D eigenvalue weighted by Gasteiger charge is 2.22. The molecule has 0 aromatic heterocycles. The maximum atomic E-state index is 13.5. The number of rotatable bonds is 7. The quantitative estimate of drug-likeness (QED) is 0.790. The number of benzene rings is 1. The molecule has 0 fully saturated rings. The molecule has 112 valence electrons. The zero-order valence-electron chi connectivity index (χ0n) is 11.2. The van der Waals surface area contributed by atoms with Gasteiger partial charge in [-0.3, -0.25) is 4.79 Å². The third-order valence-electron chi connectivity index (χ3n) is 2.75. The van der Waals surface area contributed by atoms with Crippen LogP contribution in [0.2, 0.25) is 0 Å². The Labute approximate surface area is 117 Å². The molecule has 0 amide bonds.